The zero-order chi connectivity index (χ0) is 11.0. The molecule has 78 valence electrons. The summed E-state index contributed by atoms with van der Waals surface area (Å²) in [5.74, 6) is -0.00507. The molecule has 1 aromatic rings. The van der Waals surface area contributed by atoms with Gasteiger partial charge in [-0.3, -0.25) is 10.1 Å². The van der Waals surface area contributed by atoms with Crippen LogP contribution in [0, 0.1) is 6.92 Å². The topological polar surface area (TPSA) is 67.5 Å². The fourth-order valence-electron chi connectivity index (χ4n) is 1.49. The fourth-order valence-corrected chi connectivity index (χ4v) is 2.20. The quantitative estimate of drug-likeness (QED) is 0.804. The van der Waals surface area contributed by atoms with Gasteiger partial charge in [-0.25, -0.2) is 4.99 Å². The van der Waals surface area contributed by atoms with Gasteiger partial charge in [0.25, 0.3) is 5.91 Å². The Kier molecular flexibility index (Phi) is 2.48. The van der Waals surface area contributed by atoms with Gasteiger partial charge in [0, 0.05) is 10.0 Å². The summed E-state index contributed by atoms with van der Waals surface area (Å²) in [6.07, 6.45) is 0. The van der Waals surface area contributed by atoms with Gasteiger partial charge in [-0.1, -0.05) is 28.1 Å². The van der Waals surface area contributed by atoms with Gasteiger partial charge < -0.3 is 5.73 Å². The van der Waals surface area contributed by atoms with E-state index >= 15 is 0 Å². The number of amides is 1. The number of halogens is 1. The highest BCUT2D eigenvalue weighted by Crippen LogP contribution is 2.28. The lowest BCUT2D eigenvalue weighted by molar-refractivity contribution is -0.120. The first-order chi connectivity index (χ1) is 7.08. The first-order valence-electron chi connectivity index (χ1n) is 4.48. The molecule has 4 nitrogen and oxygen atoms in total. The monoisotopic (exact) mass is 267 g/mol. The molecule has 0 aromatic heterocycles. The number of nitrogens with one attached hydrogen (secondary N) is 1. The summed E-state index contributed by atoms with van der Waals surface area (Å²) >= 11 is 3.41. The number of nitrogens with zero attached hydrogens (tertiary/aromatic N) is 1. The zero-order valence-electron chi connectivity index (χ0n) is 8.12. The van der Waals surface area contributed by atoms with E-state index in [1.165, 1.54) is 0 Å². The molecule has 0 saturated carbocycles. The number of carbonyl (C=O) groups is 1. The number of benzene rings is 1. The van der Waals surface area contributed by atoms with Crippen LogP contribution in [0.5, 0.6) is 0 Å². The van der Waals surface area contributed by atoms with E-state index in [0.29, 0.717) is 0 Å². The van der Waals surface area contributed by atoms with Crippen LogP contribution < -0.4 is 11.1 Å². The average Bonchev–Trinajstić information content (AvgIpc) is 2.45. The van der Waals surface area contributed by atoms with Crippen molar-refractivity contribution in [3.63, 3.8) is 0 Å². The third-order valence-corrected chi connectivity index (χ3v) is 2.91. The summed E-state index contributed by atoms with van der Waals surface area (Å²) in [5, 5.41) is 2.48. The maximum absolute atomic E-state index is 11.5. The van der Waals surface area contributed by atoms with Crippen LogP contribution >= 0.6 is 15.9 Å². The number of carbonyl (C=O) groups excluding carboxylic acids is 1. The maximum Gasteiger partial charge on any atom is 0.256 e. The summed E-state index contributed by atoms with van der Waals surface area (Å²) in [4.78, 5) is 15.5. The Hall–Kier alpha value is -1.36. The van der Waals surface area contributed by atoms with Crippen LogP contribution in [0.15, 0.2) is 27.7 Å². The third kappa shape index (κ3) is 1.87. The number of aryl methyl sites for hydroxylation is 1. The van der Waals surface area contributed by atoms with Crippen molar-refractivity contribution < 1.29 is 4.79 Å². The molecule has 1 heterocycles. The lowest BCUT2D eigenvalue weighted by Gasteiger charge is -2.08. The third-order valence-electron chi connectivity index (χ3n) is 2.22. The first kappa shape index (κ1) is 10.2. The van der Waals surface area contributed by atoms with Crippen molar-refractivity contribution in [2.24, 2.45) is 10.7 Å². The van der Waals surface area contributed by atoms with Gasteiger partial charge in [-0.15, -0.1) is 0 Å². The van der Waals surface area contributed by atoms with Crippen molar-refractivity contribution in [1.82, 2.24) is 5.32 Å². The normalized spacial score (nSPS) is 20.0. The average molecular weight is 268 g/mol. The number of aliphatic imine (C=N–C) groups is 1. The largest absolute Gasteiger partial charge is 0.370 e. The molecule has 0 radical (unpaired) electrons. The van der Waals surface area contributed by atoms with Crippen molar-refractivity contribution in [1.29, 1.82) is 0 Å². The highest BCUT2D eigenvalue weighted by molar-refractivity contribution is 9.10. The number of nitrogens with two attached hydrogens (primary N) is 1. The van der Waals surface area contributed by atoms with E-state index in [2.05, 4.69) is 26.2 Å². The van der Waals surface area contributed by atoms with Crippen LogP contribution in [-0.2, 0) is 4.79 Å². The van der Waals surface area contributed by atoms with Crippen molar-refractivity contribution in [2.75, 3.05) is 0 Å². The summed E-state index contributed by atoms with van der Waals surface area (Å²) < 4.78 is 0.876. The van der Waals surface area contributed by atoms with Gasteiger partial charge in [0.15, 0.2) is 12.0 Å². The molecule has 0 saturated heterocycles. The molecule has 3 N–H and O–H groups in total. The van der Waals surface area contributed by atoms with Gasteiger partial charge >= 0.3 is 0 Å². The van der Waals surface area contributed by atoms with Crippen molar-refractivity contribution >= 4 is 27.8 Å². The van der Waals surface area contributed by atoms with Gasteiger partial charge in [0.1, 0.15) is 0 Å². The number of rotatable bonds is 1. The molecule has 1 aromatic carbocycles. The summed E-state index contributed by atoms with van der Waals surface area (Å²) in [7, 11) is 0. The fraction of sp³-hybridized carbons (Fsp3) is 0.200. The molecular weight excluding hydrogens is 258 g/mol. The van der Waals surface area contributed by atoms with Crippen molar-refractivity contribution in [2.45, 2.75) is 13.0 Å². The molecule has 1 amide bonds. The Morgan fingerprint density at radius 1 is 1.53 bits per heavy atom. The van der Waals surface area contributed by atoms with E-state index in [9.17, 15) is 4.79 Å². The lowest BCUT2D eigenvalue weighted by Crippen LogP contribution is -2.31. The second kappa shape index (κ2) is 3.66. The summed E-state index contributed by atoms with van der Waals surface area (Å²) in [5.41, 5.74) is 7.39. The van der Waals surface area contributed by atoms with Crippen LogP contribution in [0.25, 0.3) is 0 Å². The number of hydrogen-bond acceptors (Lipinski definition) is 3. The van der Waals surface area contributed by atoms with Gasteiger partial charge in [0.2, 0.25) is 0 Å². The molecule has 1 atom stereocenters. The van der Waals surface area contributed by atoms with E-state index in [1.807, 2.05) is 25.1 Å². The van der Waals surface area contributed by atoms with E-state index in [-0.39, 0.29) is 11.9 Å². The molecule has 0 fully saturated rings. The molecule has 1 aliphatic heterocycles. The molecule has 0 aliphatic carbocycles. The predicted octanol–water partition coefficient (Wildman–Crippen LogP) is 1.24. The SMILES string of the molecule is Cc1ccc(C2N=C(N)NC2=O)c(Br)c1. The van der Waals surface area contributed by atoms with E-state index in [4.69, 9.17) is 5.73 Å². The molecule has 5 heteroatoms. The van der Waals surface area contributed by atoms with Crippen LogP contribution in [0.3, 0.4) is 0 Å². The van der Waals surface area contributed by atoms with E-state index in [1.54, 1.807) is 0 Å². The van der Waals surface area contributed by atoms with Crippen molar-refractivity contribution in [3.05, 3.63) is 33.8 Å². The minimum Gasteiger partial charge on any atom is -0.370 e. The number of hydrogen-bond donors (Lipinski definition) is 2. The van der Waals surface area contributed by atoms with Crippen LogP contribution in [0.2, 0.25) is 0 Å². The van der Waals surface area contributed by atoms with E-state index in [0.717, 1.165) is 15.6 Å². The Bertz CT molecular complexity index is 456. The minimum atomic E-state index is -0.528. The van der Waals surface area contributed by atoms with Crippen molar-refractivity contribution in [3.8, 4) is 0 Å². The summed E-state index contributed by atoms with van der Waals surface area (Å²) in [6, 6.07) is 5.25. The highest BCUT2D eigenvalue weighted by atomic mass is 79.9. The van der Waals surface area contributed by atoms with Gasteiger partial charge in [0.05, 0.1) is 0 Å². The number of guanidine groups is 1. The Morgan fingerprint density at radius 2 is 2.27 bits per heavy atom. The van der Waals surface area contributed by atoms with Crippen LogP contribution in [0.1, 0.15) is 17.2 Å². The molecular formula is C10H10BrN3O. The highest BCUT2D eigenvalue weighted by Gasteiger charge is 2.27. The molecule has 0 bridgehead atoms. The Labute approximate surface area is 95.7 Å². The molecule has 15 heavy (non-hydrogen) atoms. The van der Waals surface area contributed by atoms with Crippen LogP contribution in [0.4, 0.5) is 0 Å². The van der Waals surface area contributed by atoms with E-state index < -0.39 is 6.04 Å². The molecule has 0 spiro atoms. The predicted molar refractivity (Wildman–Crippen MR) is 61.4 cm³/mol. The lowest BCUT2D eigenvalue weighted by atomic mass is 10.1. The Morgan fingerprint density at radius 3 is 2.80 bits per heavy atom. The first-order valence-corrected chi connectivity index (χ1v) is 5.27. The minimum absolute atomic E-state index is 0.178. The molecule has 2 rings (SSSR count). The smallest absolute Gasteiger partial charge is 0.256 e. The van der Waals surface area contributed by atoms with Gasteiger partial charge in [-0.2, -0.15) is 0 Å². The maximum atomic E-state index is 11.5. The summed E-state index contributed by atoms with van der Waals surface area (Å²) in [6.45, 7) is 1.99. The Balaban J connectivity index is 2.42. The van der Waals surface area contributed by atoms with Gasteiger partial charge in [-0.05, 0) is 18.6 Å². The second-order valence-electron chi connectivity index (χ2n) is 3.43. The molecule has 1 aliphatic rings. The van der Waals surface area contributed by atoms with Crippen LogP contribution in [-0.4, -0.2) is 11.9 Å². The molecule has 1 unspecified atom stereocenters. The zero-order valence-corrected chi connectivity index (χ0v) is 9.71. The second-order valence-corrected chi connectivity index (χ2v) is 4.29. The standard InChI is InChI=1S/C10H10BrN3O/c1-5-2-3-6(7(11)4-5)8-9(15)14-10(12)13-8/h2-4,8H,1H3,(H3,12,13,14,15).